The first-order chi connectivity index (χ1) is 9.38. The van der Waals surface area contributed by atoms with E-state index in [0.717, 1.165) is 36.3 Å². The summed E-state index contributed by atoms with van der Waals surface area (Å²) in [5.74, 6) is 0.836. The minimum atomic E-state index is 0.180. The summed E-state index contributed by atoms with van der Waals surface area (Å²) in [7, 11) is 0. The van der Waals surface area contributed by atoms with Crippen LogP contribution in [0.1, 0.15) is 20.3 Å². The lowest BCUT2D eigenvalue weighted by molar-refractivity contribution is 0.0830. The van der Waals surface area contributed by atoms with Crippen LogP contribution in [0.4, 0.5) is 0 Å². The van der Waals surface area contributed by atoms with Crippen molar-refractivity contribution in [2.75, 3.05) is 26.2 Å². The molecular weight excluding hydrogens is 340 g/mol. The molecule has 2 N–H and O–H groups in total. The van der Waals surface area contributed by atoms with Crippen molar-refractivity contribution >= 4 is 27.5 Å². The van der Waals surface area contributed by atoms with Crippen LogP contribution >= 0.6 is 27.5 Å². The third kappa shape index (κ3) is 4.10. The van der Waals surface area contributed by atoms with E-state index in [9.17, 15) is 0 Å². The summed E-state index contributed by atoms with van der Waals surface area (Å²) in [6.07, 6.45) is 1.05. The predicted molar refractivity (Wildman–Crippen MR) is 87.5 cm³/mol. The largest absolute Gasteiger partial charge is 0.491 e. The summed E-state index contributed by atoms with van der Waals surface area (Å²) in [5.41, 5.74) is 6.33. The van der Waals surface area contributed by atoms with Gasteiger partial charge in [0.05, 0.1) is 4.47 Å². The number of nitrogens with zero attached hydrogens (tertiary/aromatic N) is 1. The zero-order valence-corrected chi connectivity index (χ0v) is 14.4. The van der Waals surface area contributed by atoms with Crippen LogP contribution in [0, 0.1) is 5.41 Å². The second kappa shape index (κ2) is 6.65. The van der Waals surface area contributed by atoms with Gasteiger partial charge in [-0.15, -0.1) is 0 Å². The Morgan fingerprint density at radius 1 is 1.50 bits per heavy atom. The standard InChI is InChI=1S/C15H22BrClN2O/c1-15(2)10-19(6-5-14(15)18)7-8-20-13-4-3-11(17)9-12(13)16/h3-4,9,14H,5-8,10,18H2,1-2H3. The van der Waals surface area contributed by atoms with Crippen LogP contribution in [0.15, 0.2) is 22.7 Å². The molecule has 1 atom stereocenters. The average molecular weight is 362 g/mol. The Bertz CT molecular complexity index is 467. The van der Waals surface area contributed by atoms with Gasteiger partial charge in [-0.3, -0.25) is 4.90 Å². The van der Waals surface area contributed by atoms with Gasteiger partial charge in [-0.2, -0.15) is 0 Å². The van der Waals surface area contributed by atoms with Crippen LogP contribution in [0.2, 0.25) is 5.02 Å². The maximum Gasteiger partial charge on any atom is 0.133 e. The topological polar surface area (TPSA) is 38.5 Å². The first-order valence-electron chi connectivity index (χ1n) is 6.94. The van der Waals surface area contributed by atoms with E-state index in [-0.39, 0.29) is 5.41 Å². The number of nitrogens with two attached hydrogens (primary N) is 1. The molecule has 1 aromatic rings. The summed E-state index contributed by atoms with van der Waals surface area (Å²) in [5, 5.41) is 0.705. The van der Waals surface area contributed by atoms with Crippen molar-refractivity contribution in [3.8, 4) is 5.75 Å². The van der Waals surface area contributed by atoms with Gasteiger partial charge in [-0.1, -0.05) is 25.4 Å². The van der Waals surface area contributed by atoms with E-state index in [0.29, 0.717) is 17.7 Å². The Labute approximate surface area is 134 Å². The Hall–Kier alpha value is -0.290. The summed E-state index contributed by atoms with van der Waals surface area (Å²) in [6.45, 7) is 8.15. The minimum Gasteiger partial charge on any atom is -0.491 e. The highest BCUT2D eigenvalue weighted by atomic mass is 79.9. The molecule has 1 aliphatic rings. The van der Waals surface area contributed by atoms with Gasteiger partial charge in [0.2, 0.25) is 0 Å². The second-order valence-electron chi connectivity index (χ2n) is 6.08. The third-order valence-electron chi connectivity index (χ3n) is 3.95. The number of likely N-dealkylation sites (tertiary alicyclic amines) is 1. The Kier molecular flexibility index (Phi) is 5.35. The summed E-state index contributed by atoms with van der Waals surface area (Å²) >= 11 is 9.37. The molecule has 1 saturated heterocycles. The number of halogens is 2. The predicted octanol–water partition coefficient (Wildman–Crippen LogP) is 3.54. The summed E-state index contributed by atoms with van der Waals surface area (Å²) in [4.78, 5) is 2.42. The maximum absolute atomic E-state index is 6.15. The van der Waals surface area contributed by atoms with Crippen LogP contribution in [-0.2, 0) is 0 Å². The number of benzene rings is 1. The molecule has 1 aliphatic heterocycles. The molecular formula is C15H22BrClN2O. The molecule has 0 amide bonds. The van der Waals surface area contributed by atoms with E-state index in [4.69, 9.17) is 22.1 Å². The molecule has 1 fully saturated rings. The van der Waals surface area contributed by atoms with Crippen molar-refractivity contribution in [2.45, 2.75) is 26.3 Å². The summed E-state index contributed by atoms with van der Waals surface area (Å²) in [6, 6.07) is 5.87. The van der Waals surface area contributed by atoms with Gasteiger partial charge in [0.1, 0.15) is 12.4 Å². The molecule has 5 heteroatoms. The molecule has 1 unspecified atom stereocenters. The zero-order valence-electron chi connectivity index (χ0n) is 12.0. The fourth-order valence-electron chi connectivity index (χ4n) is 2.55. The van der Waals surface area contributed by atoms with Crippen molar-refractivity contribution in [3.05, 3.63) is 27.7 Å². The van der Waals surface area contributed by atoms with E-state index in [2.05, 4.69) is 34.7 Å². The normalized spacial score (nSPS) is 22.8. The van der Waals surface area contributed by atoms with Gasteiger partial charge >= 0.3 is 0 Å². The SMILES string of the molecule is CC1(C)CN(CCOc2ccc(Cl)cc2Br)CCC1N. The quantitative estimate of drug-likeness (QED) is 0.891. The fourth-order valence-corrected chi connectivity index (χ4v) is 3.35. The maximum atomic E-state index is 6.15. The molecule has 1 aromatic carbocycles. The van der Waals surface area contributed by atoms with Gasteiger partial charge in [-0.25, -0.2) is 0 Å². The molecule has 0 spiro atoms. The number of ether oxygens (including phenoxy) is 1. The Morgan fingerprint density at radius 3 is 2.90 bits per heavy atom. The molecule has 3 nitrogen and oxygen atoms in total. The van der Waals surface area contributed by atoms with E-state index < -0.39 is 0 Å². The van der Waals surface area contributed by atoms with Gasteiger partial charge in [-0.05, 0) is 52.5 Å². The number of hydrogen-bond acceptors (Lipinski definition) is 3. The van der Waals surface area contributed by atoms with Gasteiger partial charge in [0.25, 0.3) is 0 Å². The Balaban J connectivity index is 1.81. The number of hydrogen-bond donors (Lipinski definition) is 1. The van der Waals surface area contributed by atoms with Crippen LogP contribution < -0.4 is 10.5 Å². The van der Waals surface area contributed by atoms with Gasteiger partial charge in [0.15, 0.2) is 0 Å². The molecule has 0 aliphatic carbocycles. The fraction of sp³-hybridized carbons (Fsp3) is 0.600. The van der Waals surface area contributed by atoms with Crippen LogP contribution in [0.25, 0.3) is 0 Å². The lowest BCUT2D eigenvalue weighted by atomic mass is 9.80. The average Bonchev–Trinajstić information content (AvgIpc) is 2.36. The lowest BCUT2D eigenvalue weighted by Crippen LogP contribution is -2.53. The van der Waals surface area contributed by atoms with E-state index >= 15 is 0 Å². The molecule has 0 bridgehead atoms. The Morgan fingerprint density at radius 2 is 2.25 bits per heavy atom. The monoisotopic (exact) mass is 360 g/mol. The van der Waals surface area contributed by atoms with E-state index in [1.807, 2.05) is 18.2 Å². The molecule has 0 aromatic heterocycles. The number of rotatable bonds is 4. The van der Waals surface area contributed by atoms with Gasteiger partial charge < -0.3 is 10.5 Å². The van der Waals surface area contributed by atoms with Crippen LogP contribution in [0.3, 0.4) is 0 Å². The van der Waals surface area contributed by atoms with Crippen molar-refractivity contribution < 1.29 is 4.74 Å². The van der Waals surface area contributed by atoms with E-state index in [1.54, 1.807) is 0 Å². The second-order valence-corrected chi connectivity index (χ2v) is 7.37. The minimum absolute atomic E-state index is 0.180. The van der Waals surface area contributed by atoms with Crippen molar-refractivity contribution in [3.63, 3.8) is 0 Å². The lowest BCUT2D eigenvalue weighted by Gasteiger charge is -2.42. The highest BCUT2D eigenvalue weighted by Gasteiger charge is 2.33. The number of piperidine rings is 1. The van der Waals surface area contributed by atoms with E-state index in [1.165, 1.54) is 0 Å². The smallest absolute Gasteiger partial charge is 0.133 e. The van der Waals surface area contributed by atoms with Crippen LogP contribution in [0.5, 0.6) is 5.75 Å². The highest BCUT2D eigenvalue weighted by Crippen LogP contribution is 2.29. The molecule has 112 valence electrons. The van der Waals surface area contributed by atoms with Crippen molar-refractivity contribution in [1.29, 1.82) is 0 Å². The van der Waals surface area contributed by atoms with Crippen molar-refractivity contribution in [1.82, 2.24) is 4.90 Å². The first kappa shape index (κ1) is 16.1. The summed E-state index contributed by atoms with van der Waals surface area (Å²) < 4.78 is 6.71. The molecule has 2 rings (SSSR count). The first-order valence-corrected chi connectivity index (χ1v) is 8.11. The molecule has 20 heavy (non-hydrogen) atoms. The van der Waals surface area contributed by atoms with Gasteiger partial charge in [0, 0.05) is 24.2 Å². The zero-order chi connectivity index (χ0) is 14.8. The molecule has 0 saturated carbocycles. The highest BCUT2D eigenvalue weighted by molar-refractivity contribution is 9.10. The van der Waals surface area contributed by atoms with Crippen molar-refractivity contribution in [2.24, 2.45) is 11.1 Å². The molecule has 0 radical (unpaired) electrons. The molecule has 1 heterocycles. The van der Waals surface area contributed by atoms with Crippen LogP contribution in [-0.4, -0.2) is 37.2 Å². The third-order valence-corrected chi connectivity index (χ3v) is 4.81.